The molecule has 0 saturated carbocycles. The van der Waals surface area contributed by atoms with Crippen LogP contribution in [0.3, 0.4) is 0 Å². The number of carboxylic acids is 1. The summed E-state index contributed by atoms with van der Waals surface area (Å²) in [6, 6.07) is 2.76. The largest absolute Gasteiger partial charge is 0.478 e. The molecule has 1 aromatic rings. The first-order valence-electron chi connectivity index (χ1n) is 5.91. The molecule has 0 aliphatic heterocycles. The Labute approximate surface area is 110 Å². The molecule has 0 aliphatic rings. The van der Waals surface area contributed by atoms with Crippen LogP contribution in [0, 0.1) is 11.7 Å². The van der Waals surface area contributed by atoms with Crippen molar-refractivity contribution in [2.45, 2.75) is 26.3 Å². The molecule has 104 valence electrons. The van der Waals surface area contributed by atoms with Crippen molar-refractivity contribution in [1.82, 2.24) is 0 Å². The number of aromatic carboxylic acids is 1. The maximum atomic E-state index is 13.6. The molecule has 19 heavy (non-hydrogen) atoms. The van der Waals surface area contributed by atoms with Crippen LogP contribution in [-0.4, -0.2) is 23.0 Å². The molecule has 0 saturated heterocycles. The average Bonchev–Trinajstić information content (AvgIpc) is 2.30. The van der Waals surface area contributed by atoms with Gasteiger partial charge in [0.05, 0.1) is 17.3 Å². The number of amides is 1. The first-order valence-corrected chi connectivity index (χ1v) is 5.91. The van der Waals surface area contributed by atoms with E-state index < -0.39 is 23.7 Å². The van der Waals surface area contributed by atoms with Gasteiger partial charge in [0.25, 0.3) is 0 Å². The molecular weight excluding hydrogens is 251 g/mol. The molecule has 1 aromatic carbocycles. The van der Waals surface area contributed by atoms with Crippen molar-refractivity contribution in [2.75, 3.05) is 5.32 Å². The maximum Gasteiger partial charge on any atom is 0.337 e. The lowest BCUT2D eigenvalue weighted by molar-refractivity contribution is -0.117. The number of carbonyl (C=O) groups is 2. The lowest BCUT2D eigenvalue weighted by Gasteiger charge is -2.15. The fraction of sp³-hybridized carbons (Fsp3) is 0.385. The van der Waals surface area contributed by atoms with E-state index in [1.807, 2.05) is 13.8 Å². The topological polar surface area (TPSA) is 92.4 Å². The molecule has 0 aromatic heterocycles. The number of nitrogens with one attached hydrogen (secondary N) is 1. The highest BCUT2D eigenvalue weighted by Crippen LogP contribution is 2.20. The fourth-order valence-corrected chi connectivity index (χ4v) is 1.66. The van der Waals surface area contributed by atoms with Gasteiger partial charge in [-0.1, -0.05) is 19.9 Å². The van der Waals surface area contributed by atoms with Gasteiger partial charge in [0.2, 0.25) is 5.91 Å². The van der Waals surface area contributed by atoms with E-state index >= 15 is 0 Å². The highest BCUT2D eigenvalue weighted by molar-refractivity contribution is 6.02. The SMILES string of the molecule is CC(C)C[C@H](N)C(=O)Nc1c(F)cccc1C(=O)O. The summed E-state index contributed by atoms with van der Waals surface area (Å²) >= 11 is 0. The van der Waals surface area contributed by atoms with E-state index in [-0.39, 0.29) is 17.2 Å². The maximum absolute atomic E-state index is 13.6. The van der Waals surface area contributed by atoms with E-state index in [0.717, 1.165) is 6.07 Å². The highest BCUT2D eigenvalue weighted by Gasteiger charge is 2.20. The molecule has 0 radical (unpaired) electrons. The molecule has 0 spiro atoms. The minimum atomic E-state index is -1.31. The molecule has 0 heterocycles. The molecule has 0 fully saturated rings. The molecule has 6 heteroatoms. The lowest BCUT2D eigenvalue weighted by atomic mass is 10.0. The summed E-state index contributed by atoms with van der Waals surface area (Å²) in [7, 11) is 0. The number of halogens is 1. The predicted molar refractivity (Wildman–Crippen MR) is 69.4 cm³/mol. The van der Waals surface area contributed by atoms with Gasteiger partial charge in [-0.3, -0.25) is 4.79 Å². The number of hydrogen-bond acceptors (Lipinski definition) is 3. The summed E-state index contributed by atoms with van der Waals surface area (Å²) in [5.41, 5.74) is 5.01. The zero-order valence-corrected chi connectivity index (χ0v) is 10.8. The monoisotopic (exact) mass is 268 g/mol. The molecular formula is C13H17FN2O3. The Kier molecular flexibility index (Phi) is 5.00. The van der Waals surface area contributed by atoms with Crippen molar-refractivity contribution in [3.63, 3.8) is 0 Å². The van der Waals surface area contributed by atoms with Crippen LogP contribution < -0.4 is 11.1 Å². The summed E-state index contributed by atoms with van der Waals surface area (Å²) in [6.07, 6.45) is 0.433. The molecule has 4 N–H and O–H groups in total. The van der Waals surface area contributed by atoms with E-state index in [1.165, 1.54) is 12.1 Å². The van der Waals surface area contributed by atoms with Crippen LogP contribution in [0.2, 0.25) is 0 Å². The van der Waals surface area contributed by atoms with Gasteiger partial charge in [0.1, 0.15) is 5.82 Å². The van der Waals surface area contributed by atoms with Crippen LogP contribution in [0.25, 0.3) is 0 Å². The number of benzene rings is 1. The van der Waals surface area contributed by atoms with Gasteiger partial charge in [-0.05, 0) is 24.5 Å². The lowest BCUT2D eigenvalue weighted by Crippen LogP contribution is -2.37. The van der Waals surface area contributed by atoms with E-state index in [0.29, 0.717) is 6.42 Å². The van der Waals surface area contributed by atoms with Crippen LogP contribution in [-0.2, 0) is 4.79 Å². The van der Waals surface area contributed by atoms with Gasteiger partial charge in [-0.25, -0.2) is 9.18 Å². The Balaban J connectivity index is 2.93. The van der Waals surface area contributed by atoms with Crippen LogP contribution >= 0.6 is 0 Å². The number of para-hydroxylation sites is 1. The summed E-state index contributed by atoms with van der Waals surface area (Å²) in [6.45, 7) is 3.80. The predicted octanol–water partition coefficient (Wildman–Crippen LogP) is 1.84. The molecule has 1 rings (SSSR count). The third-order valence-electron chi connectivity index (χ3n) is 2.55. The minimum absolute atomic E-state index is 0.209. The van der Waals surface area contributed by atoms with Crippen molar-refractivity contribution in [2.24, 2.45) is 11.7 Å². The average molecular weight is 268 g/mol. The van der Waals surface area contributed by atoms with Gasteiger partial charge in [-0.2, -0.15) is 0 Å². The smallest absolute Gasteiger partial charge is 0.337 e. The molecule has 0 bridgehead atoms. The van der Waals surface area contributed by atoms with E-state index in [4.69, 9.17) is 10.8 Å². The van der Waals surface area contributed by atoms with Gasteiger partial charge in [0.15, 0.2) is 0 Å². The van der Waals surface area contributed by atoms with Gasteiger partial charge >= 0.3 is 5.97 Å². The van der Waals surface area contributed by atoms with Crippen LogP contribution in [0.1, 0.15) is 30.6 Å². The number of anilines is 1. The van der Waals surface area contributed by atoms with Crippen molar-refractivity contribution in [3.05, 3.63) is 29.6 Å². The van der Waals surface area contributed by atoms with Gasteiger partial charge in [0, 0.05) is 0 Å². The van der Waals surface area contributed by atoms with Gasteiger partial charge in [-0.15, -0.1) is 0 Å². The first kappa shape index (κ1) is 15.1. The number of rotatable bonds is 5. The van der Waals surface area contributed by atoms with E-state index in [2.05, 4.69) is 5.32 Å². The summed E-state index contributed by atoms with van der Waals surface area (Å²) in [5, 5.41) is 11.2. The quantitative estimate of drug-likeness (QED) is 0.759. The minimum Gasteiger partial charge on any atom is -0.478 e. The second-order valence-electron chi connectivity index (χ2n) is 4.69. The molecule has 1 amide bonds. The fourth-order valence-electron chi connectivity index (χ4n) is 1.66. The Morgan fingerprint density at radius 1 is 1.42 bits per heavy atom. The van der Waals surface area contributed by atoms with Crippen LogP contribution in [0.4, 0.5) is 10.1 Å². The Bertz CT molecular complexity index is 489. The molecule has 1 atom stereocenters. The van der Waals surface area contributed by atoms with Crippen molar-refractivity contribution in [1.29, 1.82) is 0 Å². The van der Waals surface area contributed by atoms with E-state index in [1.54, 1.807) is 0 Å². The number of carbonyl (C=O) groups excluding carboxylic acids is 1. The summed E-state index contributed by atoms with van der Waals surface area (Å²) in [4.78, 5) is 22.7. The van der Waals surface area contributed by atoms with Crippen molar-refractivity contribution >= 4 is 17.6 Å². The molecule has 0 aliphatic carbocycles. The summed E-state index contributed by atoms with van der Waals surface area (Å²) in [5.74, 6) is -2.50. The zero-order chi connectivity index (χ0) is 14.6. The van der Waals surface area contributed by atoms with Crippen LogP contribution in [0.5, 0.6) is 0 Å². The normalized spacial score (nSPS) is 12.3. The summed E-state index contributed by atoms with van der Waals surface area (Å²) < 4.78 is 13.6. The third kappa shape index (κ3) is 4.03. The van der Waals surface area contributed by atoms with Crippen molar-refractivity contribution in [3.8, 4) is 0 Å². The number of hydrogen-bond donors (Lipinski definition) is 3. The highest BCUT2D eigenvalue weighted by atomic mass is 19.1. The first-order chi connectivity index (χ1) is 8.82. The Hall–Kier alpha value is -1.95. The number of nitrogens with two attached hydrogens (primary N) is 1. The van der Waals surface area contributed by atoms with Crippen LogP contribution in [0.15, 0.2) is 18.2 Å². The molecule has 0 unspecified atom stereocenters. The second-order valence-corrected chi connectivity index (χ2v) is 4.69. The molecule has 5 nitrogen and oxygen atoms in total. The Morgan fingerprint density at radius 2 is 2.05 bits per heavy atom. The van der Waals surface area contributed by atoms with Crippen molar-refractivity contribution < 1.29 is 19.1 Å². The third-order valence-corrected chi connectivity index (χ3v) is 2.55. The number of carboxylic acid groups (broad SMARTS) is 1. The van der Waals surface area contributed by atoms with E-state index in [9.17, 15) is 14.0 Å². The Morgan fingerprint density at radius 3 is 2.58 bits per heavy atom. The zero-order valence-electron chi connectivity index (χ0n) is 10.8. The van der Waals surface area contributed by atoms with Gasteiger partial charge < -0.3 is 16.2 Å². The standard InChI is InChI=1S/C13H17FN2O3/c1-7(2)6-10(15)12(17)16-11-8(13(18)19)4-3-5-9(11)14/h3-5,7,10H,6,15H2,1-2H3,(H,16,17)(H,18,19)/t10-/m0/s1. The second kappa shape index (κ2) is 6.29.